The van der Waals surface area contributed by atoms with Crippen molar-refractivity contribution in [1.82, 2.24) is 0 Å². The first-order valence-corrected chi connectivity index (χ1v) is 8.15. The maximum absolute atomic E-state index is 6.68. The van der Waals surface area contributed by atoms with Gasteiger partial charge in [-0.25, -0.2) is 0 Å². The van der Waals surface area contributed by atoms with E-state index >= 15 is 0 Å². The second-order valence-corrected chi connectivity index (χ2v) is 7.55. The molecule has 2 heteroatoms. The predicted molar refractivity (Wildman–Crippen MR) is 72.2 cm³/mol. The SMILES string of the molecule is NC(C1CCOC2(CCC2)C1)C1CC2CCC1C2. The molecule has 4 rings (SSSR count). The summed E-state index contributed by atoms with van der Waals surface area (Å²) in [5.41, 5.74) is 6.96. The van der Waals surface area contributed by atoms with Crippen molar-refractivity contribution < 1.29 is 4.74 Å². The fourth-order valence-corrected chi connectivity index (χ4v) is 5.43. The van der Waals surface area contributed by atoms with Gasteiger partial charge in [-0.3, -0.25) is 0 Å². The smallest absolute Gasteiger partial charge is 0.0685 e. The van der Waals surface area contributed by atoms with Crippen LogP contribution in [0.5, 0.6) is 0 Å². The van der Waals surface area contributed by atoms with Gasteiger partial charge in [0.05, 0.1) is 5.60 Å². The Morgan fingerprint density at radius 3 is 2.61 bits per heavy atom. The van der Waals surface area contributed by atoms with Crippen LogP contribution in [0.1, 0.15) is 57.8 Å². The van der Waals surface area contributed by atoms with E-state index in [9.17, 15) is 0 Å². The molecule has 0 radical (unpaired) electrons. The minimum absolute atomic E-state index is 0.276. The van der Waals surface area contributed by atoms with E-state index < -0.39 is 0 Å². The van der Waals surface area contributed by atoms with Crippen molar-refractivity contribution in [3.05, 3.63) is 0 Å². The van der Waals surface area contributed by atoms with Crippen LogP contribution in [0.25, 0.3) is 0 Å². The molecular formula is C16H27NO. The molecule has 2 N–H and O–H groups in total. The van der Waals surface area contributed by atoms with E-state index in [0.717, 1.165) is 30.3 Å². The van der Waals surface area contributed by atoms with E-state index in [0.29, 0.717) is 6.04 Å². The van der Waals surface area contributed by atoms with E-state index in [4.69, 9.17) is 10.5 Å². The van der Waals surface area contributed by atoms with E-state index in [1.807, 2.05) is 0 Å². The molecule has 4 fully saturated rings. The third kappa shape index (κ3) is 1.76. The van der Waals surface area contributed by atoms with E-state index in [1.165, 1.54) is 57.8 Å². The fourth-order valence-electron chi connectivity index (χ4n) is 5.43. The Morgan fingerprint density at radius 2 is 2.00 bits per heavy atom. The van der Waals surface area contributed by atoms with E-state index in [-0.39, 0.29) is 5.60 Å². The van der Waals surface area contributed by atoms with Gasteiger partial charge >= 0.3 is 0 Å². The minimum atomic E-state index is 0.276. The quantitative estimate of drug-likeness (QED) is 0.816. The monoisotopic (exact) mass is 249 g/mol. The summed E-state index contributed by atoms with van der Waals surface area (Å²) >= 11 is 0. The standard InChI is InChI=1S/C16H27NO/c17-15(14-9-11-2-3-12(14)8-11)13-4-7-18-16(10-13)5-1-6-16/h11-15H,1-10,17H2. The van der Waals surface area contributed by atoms with Crippen molar-refractivity contribution in [1.29, 1.82) is 0 Å². The van der Waals surface area contributed by atoms with Gasteiger partial charge in [0.25, 0.3) is 0 Å². The van der Waals surface area contributed by atoms with E-state index in [1.54, 1.807) is 0 Å². The zero-order valence-electron chi connectivity index (χ0n) is 11.4. The first-order valence-electron chi connectivity index (χ1n) is 8.15. The van der Waals surface area contributed by atoms with Crippen LogP contribution in [0, 0.1) is 23.7 Å². The van der Waals surface area contributed by atoms with Crippen LogP contribution < -0.4 is 5.73 Å². The van der Waals surface area contributed by atoms with Gasteiger partial charge in [0.1, 0.15) is 0 Å². The van der Waals surface area contributed by atoms with Crippen LogP contribution in [-0.2, 0) is 4.74 Å². The van der Waals surface area contributed by atoms with Crippen LogP contribution in [0.2, 0.25) is 0 Å². The highest BCUT2D eigenvalue weighted by Crippen LogP contribution is 2.52. The minimum Gasteiger partial charge on any atom is -0.375 e. The van der Waals surface area contributed by atoms with Gasteiger partial charge in [-0.05, 0) is 75.0 Å². The highest BCUT2D eigenvalue weighted by atomic mass is 16.5. The zero-order valence-corrected chi connectivity index (χ0v) is 11.4. The largest absolute Gasteiger partial charge is 0.375 e. The van der Waals surface area contributed by atoms with Crippen LogP contribution >= 0.6 is 0 Å². The molecule has 0 amide bonds. The van der Waals surface area contributed by atoms with Gasteiger partial charge in [-0.15, -0.1) is 0 Å². The Balaban J connectivity index is 1.43. The van der Waals surface area contributed by atoms with Gasteiger partial charge in [0.15, 0.2) is 0 Å². The fraction of sp³-hybridized carbons (Fsp3) is 1.00. The number of rotatable bonds is 2. The average Bonchev–Trinajstić information content (AvgIpc) is 2.98. The molecule has 1 heterocycles. The summed E-state index contributed by atoms with van der Waals surface area (Å²) in [5, 5.41) is 0. The Hall–Kier alpha value is -0.0800. The molecule has 3 saturated carbocycles. The molecule has 0 aromatic heterocycles. The molecule has 102 valence electrons. The van der Waals surface area contributed by atoms with Gasteiger partial charge in [0, 0.05) is 12.6 Å². The van der Waals surface area contributed by atoms with Gasteiger partial charge in [-0.2, -0.15) is 0 Å². The topological polar surface area (TPSA) is 35.2 Å². The number of fused-ring (bicyclic) bond motifs is 2. The summed E-state index contributed by atoms with van der Waals surface area (Å²) < 4.78 is 6.05. The molecule has 1 spiro atoms. The molecule has 1 saturated heterocycles. The lowest BCUT2D eigenvalue weighted by Crippen LogP contribution is -2.51. The van der Waals surface area contributed by atoms with Crippen LogP contribution in [-0.4, -0.2) is 18.2 Å². The summed E-state index contributed by atoms with van der Waals surface area (Å²) in [7, 11) is 0. The second kappa shape index (κ2) is 4.21. The normalized spacial score (nSPS) is 47.2. The lowest BCUT2D eigenvalue weighted by molar-refractivity contribution is -0.148. The van der Waals surface area contributed by atoms with Crippen molar-refractivity contribution >= 4 is 0 Å². The van der Waals surface area contributed by atoms with Crippen molar-refractivity contribution in [3.8, 4) is 0 Å². The molecule has 0 aromatic rings. The van der Waals surface area contributed by atoms with Gasteiger partial charge in [0.2, 0.25) is 0 Å². The van der Waals surface area contributed by atoms with E-state index in [2.05, 4.69) is 0 Å². The maximum atomic E-state index is 6.68. The molecular weight excluding hydrogens is 222 g/mol. The van der Waals surface area contributed by atoms with Crippen LogP contribution in [0.4, 0.5) is 0 Å². The molecule has 3 aliphatic carbocycles. The van der Waals surface area contributed by atoms with Crippen molar-refractivity contribution in [3.63, 3.8) is 0 Å². The van der Waals surface area contributed by atoms with Crippen LogP contribution in [0.15, 0.2) is 0 Å². The molecule has 4 aliphatic rings. The first-order chi connectivity index (χ1) is 8.76. The van der Waals surface area contributed by atoms with Gasteiger partial charge in [-0.1, -0.05) is 6.42 Å². The van der Waals surface area contributed by atoms with Crippen molar-refractivity contribution in [2.24, 2.45) is 29.4 Å². The summed E-state index contributed by atoms with van der Waals surface area (Å²) in [5.74, 6) is 3.61. The summed E-state index contributed by atoms with van der Waals surface area (Å²) in [6, 6.07) is 0.474. The Kier molecular flexibility index (Phi) is 2.74. The third-order valence-corrected chi connectivity index (χ3v) is 6.63. The average molecular weight is 249 g/mol. The number of nitrogens with two attached hydrogens (primary N) is 1. The Bertz CT molecular complexity index is 325. The molecule has 0 aromatic carbocycles. The molecule has 2 nitrogen and oxygen atoms in total. The lowest BCUT2D eigenvalue weighted by Gasteiger charge is -2.49. The summed E-state index contributed by atoms with van der Waals surface area (Å²) in [6.07, 6.45) is 12.3. The molecule has 2 bridgehead atoms. The molecule has 18 heavy (non-hydrogen) atoms. The highest BCUT2D eigenvalue weighted by molar-refractivity contribution is 5.01. The number of hydrogen-bond acceptors (Lipinski definition) is 2. The van der Waals surface area contributed by atoms with Gasteiger partial charge < -0.3 is 10.5 Å². The van der Waals surface area contributed by atoms with Crippen molar-refractivity contribution in [2.45, 2.75) is 69.4 Å². The number of ether oxygens (including phenoxy) is 1. The number of hydrogen-bond donors (Lipinski definition) is 1. The highest BCUT2D eigenvalue weighted by Gasteiger charge is 2.48. The summed E-state index contributed by atoms with van der Waals surface area (Å²) in [6.45, 7) is 0.971. The molecule has 5 unspecified atom stereocenters. The van der Waals surface area contributed by atoms with Crippen LogP contribution in [0.3, 0.4) is 0 Å². The second-order valence-electron chi connectivity index (χ2n) is 7.55. The zero-order chi connectivity index (χ0) is 12.2. The lowest BCUT2D eigenvalue weighted by atomic mass is 9.67. The predicted octanol–water partition coefficient (Wildman–Crippen LogP) is 3.10. The third-order valence-electron chi connectivity index (χ3n) is 6.63. The summed E-state index contributed by atoms with van der Waals surface area (Å²) in [4.78, 5) is 0. The first kappa shape index (κ1) is 11.7. The molecule has 5 atom stereocenters. The molecule has 1 aliphatic heterocycles. The van der Waals surface area contributed by atoms with Crippen molar-refractivity contribution in [2.75, 3.05) is 6.61 Å². The Morgan fingerprint density at radius 1 is 1.11 bits per heavy atom. The Labute approximate surface area is 111 Å². The maximum Gasteiger partial charge on any atom is 0.0685 e.